The van der Waals surface area contributed by atoms with Crippen molar-refractivity contribution in [1.82, 2.24) is 19.9 Å². The number of carbonyl (C=O) groups is 1. The number of primary amides is 1. The third kappa shape index (κ3) is 5.81. The van der Waals surface area contributed by atoms with E-state index in [0.717, 1.165) is 50.3 Å². The van der Waals surface area contributed by atoms with E-state index in [-0.39, 0.29) is 11.7 Å². The minimum atomic E-state index is -0.656. The van der Waals surface area contributed by atoms with Crippen molar-refractivity contribution in [2.24, 2.45) is 5.73 Å². The number of benzene rings is 1. The largest absolute Gasteiger partial charge is 0.381 e. The van der Waals surface area contributed by atoms with Gasteiger partial charge >= 0.3 is 0 Å². The Balaban J connectivity index is 1.47. The van der Waals surface area contributed by atoms with Gasteiger partial charge in [-0.2, -0.15) is 0 Å². The highest BCUT2D eigenvalue weighted by Gasteiger charge is 2.24. The molecule has 0 radical (unpaired) electrons. The maximum Gasteiger partial charge on any atom is 0.271 e. The van der Waals surface area contributed by atoms with Crippen LogP contribution in [0.15, 0.2) is 42.6 Å². The van der Waals surface area contributed by atoms with Crippen molar-refractivity contribution in [3.05, 3.63) is 53.9 Å². The molecule has 4 N–H and O–H groups in total. The summed E-state index contributed by atoms with van der Waals surface area (Å²) in [6.45, 7) is 7.41. The van der Waals surface area contributed by atoms with Crippen LogP contribution in [0, 0.1) is 6.92 Å². The topological polar surface area (TPSA) is 122 Å². The van der Waals surface area contributed by atoms with Crippen LogP contribution < -0.4 is 21.3 Å². The fourth-order valence-corrected chi connectivity index (χ4v) is 4.69. The van der Waals surface area contributed by atoms with E-state index in [2.05, 4.69) is 44.6 Å². The number of carbonyl (C=O) groups excluding carboxylic acids is 1. The maximum atomic E-state index is 12.5. The summed E-state index contributed by atoms with van der Waals surface area (Å²) in [5.41, 5.74) is 9.91. The van der Waals surface area contributed by atoms with E-state index in [1.165, 1.54) is 5.69 Å². The Kier molecular flexibility index (Phi) is 7.47. The molecule has 10 nitrogen and oxygen atoms in total. The highest BCUT2D eigenvalue weighted by Crippen LogP contribution is 2.31. The number of nitrogens with one attached hydrogen (secondary N) is 2. The van der Waals surface area contributed by atoms with Gasteiger partial charge in [0.25, 0.3) is 5.91 Å². The third-order valence-corrected chi connectivity index (χ3v) is 6.92. The molecule has 0 saturated carbocycles. The number of ether oxygens (including phenoxy) is 1. The number of hydrogen-bond acceptors (Lipinski definition) is 9. The molecule has 5 rings (SSSR count). The minimum Gasteiger partial charge on any atom is -0.381 e. The summed E-state index contributed by atoms with van der Waals surface area (Å²) in [6, 6.07) is 12.1. The number of likely N-dealkylation sites (N-methyl/N-ethyl adjacent to an activating group) is 1. The number of anilines is 4. The van der Waals surface area contributed by atoms with Crippen LogP contribution in [0.5, 0.6) is 0 Å². The summed E-state index contributed by atoms with van der Waals surface area (Å²) in [5.74, 6) is 0.221. The molecule has 0 unspecified atom stereocenters. The SMILES string of the molecule is Cc1cccnc1-c1nc(C(N)=O)c(Nc2ccc(N3CCN(C)CC3)cc2)nc1NC1CCOCC1. The molecular formula is C27H34N8O2. The van der Waals surface area contributed by atoms with Crippen molar-refractivity contribution in [1.29, 1.82) is 0 Å². The maximum absolute atomic E-state index is 12.5. The number of nitrogens with zero attached hydrogens (tertiary/aromatic N) is 5. The highest BCUT2D eigenvalue weighted by molar-refractivity contribution is 5.97. The average Bonchev–Trinajstić information content (AvgIpc) is 2.91. The van der Waals surface area contributed by atoms with E-state index >= 15 is 0 Å². The molecule has 0 spiro atoms. The van der Waals surface area contributed by atoms with Gasteiger partial charge in [0.15, 0.2) is 17.3 Å². The van der Waals surface area contributed by atoms with Gasteiger partial charge in [-0.05, 0) is 62.7 Å². The first-order valence-electron chi connectivity index (χ1n) is 12.8. The summed E-state index contributed by atoms with van der Waals surface area (Å²) in [7, 11) is 2.15. The minimum absolute atomic E-state index is 0.0701. The Morgan fingerprint density at radius 2 is 1.73 bits per heavy atom. The van der Waals surface area contributed by atoms with Gasteiger partial charge < -0.3 is 30.9 Å². The second kappa shape index (κ2) is 11.1. The summed E-state index contributed by atoms with van der Waals surface area (Å²) >= 11 is 0. The first-order valence-corrected chi connectivity index (χ1v) is 12.8. The first-order chi connectivity index (χ1) is 18.0. The van der Waals surface area contributed by atoms with E-state index in [1.807, 2.05) is 31.2 Å². The van der Waals surface area contributed by atoms with Gasteiger partial charge in [0.05, 0.1) is 5.69 Å². The molecule has 37 heavy (non-hydrogen) atoms. The average molecular weight is 503 g/mol. The molecule has 2 aromatic heterocycles. The lowest BCUT2D eigenvalue weighted by Crippen LogP contribution is -2.44. The van der Waals surface area contributed by atoms with Crippen molar-refractivity contribution < 1.29 is 9.53 Å². The van der Waals surface area contributed by atoms with Crippen molar-refractivity contribution in [2.75, 3.05) is 62.0 Å². The zero-order valence-electron chi connectivity index (χ0n) is 21.4. The van der Waals surface area contributed by atoms with Crippen LogP contribution >= 0.6 is 0 Å². The van der Waals surface area contributed by atoms with Crippen LogP contribution in [0.3, 0.4) is 0 Å². The molecule has 194 valence electrons. The fraction of sp³-hybridized carbons (Fsp3) is 0.407. The molecule has 0 atom stereocenters. The van der Waals surface area contributed by atoms with Crippen LogP contribution in [0.25, 0.3) is 11.4 Å². The molecule has 2 fully saturated rings. The molecule has 1 aromatic carbocycles. The number of pyridine rings is 1. The lowest BCUT2D eigenvalue weighted by atomic mass is 10.1. The number of aryl methyl sites for hydroxylation is 1. The summed E-state index contributed by atoms with van der Waals surface area (Å²) in [5, 5.41) is 6.80. The molecule has 2 aliphatic rings. The number of nitrogens with two attached hydrogens (primary N) is 1. The standard InChI is InChI=1S/C27H34N8O2/c1-18-4-3-11-29-22(18)23-26(31-20-9-16-37-17-10-20)33-27(24(32-23)25(28)36)30-19-5-7-21(8-6-19)35-14-12-34(2)13-15-35/h3-8,11,20H,9-10,12-17H2,1-2H3,(H2,28,36)(H2,30,31,33). The number of piperazine rings is 1. The molecule has 2 saturated heterocycles. The fourth-order valence-electron chi connectivity index (χ4n) is 4.69. The zero-order valence-corrected chi connectivity index (χ0v) is 21.4. The predicted octanol–water partition coefficient (Wildman–Crippen LogP) is 3.03. The van der Waals surface area contributed by atoms with Crippen molar-refractivity contribution in [2.45, 2.75) is 25.8 Å². The Hall–Kier alpha value is -3.76. The van der Waals surface area contributed by atoms with E-state index in [0.29, 0.717) is 36.2 Å². The molecular weight excluding hydrogens is 468 g/mol. The number of rotatable bonds is 7. The first kappa shape index (κ1) is 24.9. The summed E-state index contributed by atoms with van der Waals surface area (Å²) in [4.78, 5) is 31.2. The van der Waals surface area contributed by atoms with E-state index in [9.17, 15) is 4.79 Å². The number of aromatic nitrogens is 3. The van der Waals surface area contributed by atoms with Crippen molar-refractivity contribution >= 4 is 28.9 Å². The molecule has 10 heteroatoms. The monoisotopic (exact) mass is 502 g/mol. The van der Waals surface area contributed by atoms with Crippen molar-refractivity contribution in [3.63, 3.8) is 0 Å². The molecule has 4 heterocycles. The van der Waals surface area contributed by atoms with Crippen LogP contribution in [0.4, 0.5) is 23.0 Å². The Bertz CT molecular complexity index is 1240. The van der Waals surface area contributed by atoms with Gasteiger partial charge in [-0.25, -0.2) is 9.97 Å². The van der Waals surface area contributed by atoms with Crippen LogP contribution in [-0.4, -0.2) is 78.2 Å². The quantitative estimate of drug-likeness (QED) is 0.447. The molecule has 0 bridgehead atoms. The van der Waals surface area contributed by atoms with Crippen LogP contribution in [0.2, 0.25) is 0 Å². The smallest absolute Gasteiger partial charge is 0.271 e. The Morgan fingerprint density at radius 3 is 2.41 bits per heavy atom. The van der Waals surface area contributed by atoms with Crippen LogP contribution in [-0.2, 0) is 4.74 Å². The highest BCUT2D eigenvalue weighted by atomic mass is 16.5. The predicted molar refractivity (Wildman–Crippen MR) is 145 cm³/mol. The van der Waals surface area contributed by atoms with Gasteiger partial charge in [0, 0.05) is 63.0 Å². The van der Waals surface area contributed by atoms with Gasteiger partial charge in [-0.1, -0.05) is 6.07 Å². The third-order valence-electron chi connectivity index (χ3n) is 6.92. The van der Waals surface area contributed by atoms with E-state index < -0.39 is 5.91 Å². The van der Waals surface area contributed by atoms with Gasteiger partial charge in [-0.3, -0.25) is 9.78 Å². The lowest BCUT2D eigenvalue weighted by molar-refractivity contribution is 0.0904. The van der Waals surface area contributed by atoms with Crippen molar-refractivity contribution in [3.8, 4) is 11.4 Å². The molecule has 0 aliphatic carbocycles. The molecule has 2 aliphatic heterocycles. The second-order valence-corrected chi connectivity index (χ2v) is 9.64. The Labute approximate surface area is 217 Å². The van der Waals surface area contributed by atoms with Gasteiger partial charge in [0.1, 0.15) is 5.69 Å². The summed E-state index contributed by atoms with van der Waals surface area (Å²) < 4.78 is 5.52. The lowest BCUT2D eigenvalue weighted by Gasteiger charge is -2.34. The van der Waals surface area contributed by atoms with Gasteiger partial charge in [0.2, 0.25) is 0 Å². The number of hydrogen-bond donors (Lipinski definition) is 3. The van der Waals surface area contributed by atoms with Gasteiger partial charge in [-0.15, -0.1) is 0 Å². The second-order valence-electron chi connectivity index (χ2n) is 9.64. The molecule has 3 aromatic rings. The molecule has 1 amide bonds. The Morgan fingerprint density at radius 1 is 1.00 bits per heavy atom. The summed E-state index contributed by atoms with van der Waals surface area (Å²) in [6.07, 6.45) is 3.42. The zero-order chi connectivity index (χ0) is 25.8. The van der Waals surface area contributed by atoms with E-state index in [4.69, 9.17) is 20.4 Å². The normalized spacial score (nSPS) is 17.0. The van der Waals surface area contributed by atoms with E-state index in [1.54, 1.807) is 6.20 Å². The number of amides is 1. The van der Waals surface area contributed by atoms with Crippen LogP contribution in [0.1, 0.15) is 28.9 Å².